The second-order valence-corrected chi connectivity index (χ2v) is 33.4. The van der Waals surface area contributed by atoms with Crippen LogP contribution in [0.3, 0.4) is 0 Å². The summed E-state index contributed by atoms with van der Waals surface area (Å²) in [6.07, 6.45) is 6.95. The number of amides is 2. The minimum atomic E-state index is -1.11. The molecule has 15 nitrogen and oxygen atoms in total. The first kappa shape index (κ1) is 75.4. The van der Waals surface area contributed by atoms with Crippen LogP contribution in [-0.2, 0) is 42.9 Å². The minimum absolute atomic E-state index is 0.0233. The first-order chi connectivity index (χ1) is 40.2. The number of carboxylic acids is 1. The SMILES string of the molecule is CCC(CC)(CCCSC(CC(=O)O)C(=O)OC)C(=O)NC1=NC(=Cc2[nH]c(NC(=O)C(CC)(CC)SCCOC)c(C(=O)OC3C(C(C)(C)C)CC(C)CC3C(C)(C)C)c2C(C)C)C(C(C)C)=C1C(=O)OC1C(C(C)(C)C)CC(C)CC1C(C)(C)C. The van der Waals surface area contributed by atoms with Crippen molar-refractivity contribution in [2.75, 3.05) is 37.6 Å². The van der Waals surface area contributed by atoms with Gasteiger partial charge in [-0.3, -0.25) is 19.2 Å². The van der Waals surface area contributed by atoms with Gasteiger partial charge in [-0.05, 0) is 133 Å². The summed E-state index contributed by atoms with van der Waals surface area (Å²) in [5.74, 6) is -1.81. The number of aromatic nitrogens is 1. The predicted octanol–water partition coefficient (Wildman–Crippen LogP) is 16.1. The molecule has 0 bridgehead atoms. The van der Waals surface area contributed by atoms with E-state index < -0.39 is 51.5 Å². The fraction of sp³-hybridized carbons (Fsp3) is 0.786. The third kappa shape index (κ3) is 18.6. The molecule has 0 aromatic carbocycles. The molecule has 0 saturated heterocycles. The zero-order valence-corrected chi connectivity index (χ0v) is 59.8. The number of thioether (sulfide) groups is 2. The molecule has 3 aliphatic rings. The third-order valence-corrected chi connectivity index (χ3v) is 22.5. The number of carbonyl (C=O) groups excluding carboxylic acids is 5. The summed E-state index contributed by atoms with van der Waals surface area (Å²) >= 11 is 2.73. The predicted molar refractivity (Wildman–Crippen MR) is 357 cm³/mol. The number of aromatic amines is 1. The summed E-state index contributed by atoms with van der Waals surface area (Å²) in [6, 6.07) is 0. The molecule has 2 saturated carbocycles. The van der Waals surface area contributed by atoms with Gasteiger partial charge in [0.15, 0.2) is 0 Å². The van der Waals surface area contributed by atoms with E-state index in [9.17, 15) is 14.7 Å². The van der Waals surface area contributed by atoms with Gasteiger partial charge in [0.25, 0.3) is 0 Å². The van der Waals surface area contributed by atoms with E-state index in [1.54, 1.807) is 7.11 Å². The molecule has 1 aromatic rings. The molecule has 2 amide bonds. The number of aliphatic imine (C=N–C) groups is 1. The molecular weight excluding hydrogens is 1140 g/mol. The Kier molecular flexibility index (Phi) is 26.7. The zero-order valence-electron chi connectivity index (χ0n) is 58.1. The van der Waals surface area contributed by atoms with Gasteiger partial charge in [0, 0.05) is 47.6 Å². The Balaban J connectivity index is 2.09. The maximum absolute atomic E-state index is 15.8. The number of aliphatic carboxylic acids is 1. The number of anilines is 1. The van der Waals surface area contributed by atoms with Crippen molar-refractivity contribution in [2.45, 2.75) is 251 Å². The molecule has 4 rings (SSSR count). The highest BCUT2D eigenvalue weighted by atomic mass is 32.2. The number of methoxy groups -OCH3 is 2. The van der Waals surface area contributed by atoms with E-state index in [4.69, 9.17) is 23.9 Å². The van der Waals surface area contributed by atoms with Gasteiger partial charge in [0.05, 0.1) is 30.6 Å². The standard InChI is InChI=1S/C70H116N4O11S2/c1-25-69(26-2,30-29-32-86-50(39-51(75)76)60(77)83-24)63(80)73-58-54(61(78)84-56-44(65(11,12)13)34-42(9)35-45(56)66(14,15)16)52(40(5)6)48(71-58)38-49-53(41(7)8)55(59(72-49)74-64(81)70(27-3,28-4)87-33-31-82-23)62(79)85-57-46(67(17,18)19)36-43(10)37-47(57)68(20,21)22/h38,40-47,50,56-57,72H,25-37,39H2,1-24H3,(H,74,81)(H,75,76)(H,71,73,80). The van der Waals surface area contributed by atoms with Crippen LogP contribution in [0.4, 0.5) is 5.82 Å². The van der Waals surface area contributed by atoms with Gasteiger partial charge < -0.3 is 39.7 Å². The molecule has 87 heavy (non-hydrogen) atoms. The van der Waals surface area contributed by atoms with Crippen molar-refractivity contribution in [3.8, 4) is 0 Å². The lowest BCUT2D eigenvalue weighted by Crippen LogP contribution is -2.50. The average Bonchev–Trinajstić information content (AvgIpc) is 1.80. The quantitative estimate of drug-likeness (QED) is 0.0387. The number of nitrogens with zero attached hydrogens (tertiary/aromatic N) is 1. The van der Waals surface area contributed by atoms with E-state index in [2.05, 4.69) is 113 Å². The van der Waals surface area contributed by atoms with Crippen molar-refractivity contribution in [2.24, 2.45) is 73.5 Å². The Hall–Kier alpha value is -4.09. The van der Waals surface area contributed by atoms with Crippen LogP contribution in [-0.4, -0.2) is 106 Å². The molecule has 2 aliphatic carbocycles. The Bertz CT molecular complexity index is 2600. The summed E-state index contributed by atoms with van der Waals surface area (Å²) in [4.78, 5) is 95.0. The van der Waals surface area contributed by atoms with E-state index in [0.29, 0.717) is 91.0 Å². The zero-order chi connectivity index (χ0) is 66.1. The van der Waals surface area contributed by atoms with Crippen LogP contribution in [0.15, 0.2) is 21.8 Å². The van der Waals surface area contributed by atoms with Crippen molar-refractivity contribution >= 4 is 76.9 Å². The van der Waals surface area contributed by atoms with Crippen molar-refractivity contribution in [3.05, 3.63) is 33.7 Å². The Labute approximate surface area is 533 Å². The van der Waals surface area contributed by atoms with Crippen molar-refractivity contribution in [3.63, 3.8) is 0 Å². The number of carboxylic acid groups (broad SMARTS) is 1. The maximum Gasteiger partial charge on any atom is 0.342 e. The number of carbonyl (C=O) groups is 6. The van der Waals surface area contributed by atoms with E-state index in [1.807, 2.05) is 61.5 Å². The van der Waals surface area contributed by atoms with Gasteiger partial charge in [-0.1, -0.05) is 152 Å². The maximum atomic E-state index is 15.8. The van der Waals surface area contributed by atoms with Crippen molar-refractivity contribution < 1.29 is 52.8 Å². The van der Waals surface area contributed by atoms with Crippen molar-refractivity contribution in [1.29, 1.82) is 0 Å². The lowest BCUT2D eigenvalue weighted by Gasteiger charge is -2.50. The smallest absolute Gasteiger partial charge is 0.342 e. The summed E-state index contributed by atoms with van der Waals surface area (Å²) in [5.41, 5.74) is 0.706. The van der Waals surface area contributed by atoms with Crippen LogP contribution in [0.2, 0.25) is 0 Å². The lowest BCUT2D eigenvalue weighted by atomic mass is 9.59. The summed E-state index contributed by atoms with van der Waals surface area (Å²) in [7, 11) is 2.88. The fourth-order valence-electron chi connectivity index (χ4n) is 14.1. The van der Waals surface area contributed by atoms with Crippen molar-refractivity contribution in [1.82, 2.24) is 10.3 Å². The number of hydrogen-bond donors (Lipinski definition) is 4. The largest absolute Gasteiger partial charge is 0.481 e. The first-order valence-electron chi connectivity index (χ1n) is 32.6. The highest BCUT2D eigenvalue weighted by molar-refractivity contribution is 8.01. The van der Waals surface area contributed by atoms with Gasteiger partial charge in [-0.25, -0.2) is 14.6 Å². The number of amidine groups is 1. The number of nitrogens with one attached hydrogen (secondary N) is 3. The molecule has 0 spiro atoms. The summed E-state index contributed by atoms with van der Waals surface area (Å²) in [5, 5.41) is 15.1. The molecule has 1 aromatic heterocycles. The second kappa shape index (κ2) is 30.8. The highest BCUT2D eigenvalue weighted by Crippen LogP contribution is 2.53. The van der Waals surface area contributed by atoms with Gasteiger partial charge in [0.2, 0.25) is 11.8 Å². The highest BCUT2D eigenvalue weighted by Gasteiger charge is 2.51. The number of allylic oxidation sites excluding steroid dienone is 1. The van der Waals surface area contributed by atoms with E-state index in [0.717, 1.165) is 25.7 Å². The summed E-state index contributed by atoms with van der Waals surface area (Å²) in [6.45, 7) is 47.6. The number of H-pyrrole nitrogens is 1. The number of hydrogen-bond acceptors (Lipinski definition) is 13. The van der Waals surface area contributed by atoms with Gasteiger partial charge >= 0.3 is 23.9 Å². The van der Waals surface area contributed by atoms with Crippen LogP contribution in [0, 0.1) is 68.5 Å². The van der Waals surface area contributed by atoms with Crippen LogP contribution in [0.1, 0.15) is 250 Å². The number of esters is 3. The van der Waals surface area contributed by atoms with Gasteiger partial charge in [-0.15, -0.1) is 23.5 Å². The lowest BCUT2D eigenvalue weighted by molar-refractivity contribution is -0.164. The van der Waals surface area contributed by atoms with Crippen LogP contribution in [0.25, 0.3) is 6.08 Å². The Morgan fingerprint density at radius 3 is 1.56 bits per heavy atom. The average molecular weight is 1250 g/mol. The Morgan fingerprint density at radius 1 is 0.678 bits per heavy atom. The molecule has 2 fully saturated rings. The van der Waals surface area contributed by atoms with Gasteiger partial charge in [0.1, 0.15) is 40.2 Å². The molecule has 17 heteroatoms. The van der Waals surface area contributed by atoms with Crippen LogP contribution < -0.4 is 10.6 Å². The second-order valence-electron chi connectivity index (χ2n) is 30.6. The topological polar surface area (TPSA) is 212 Å². The van der Waals surface area contributed by atoms with E-state index >= 15 is 19.2 Å². The van der Waals surface area contributed by atoms with E-state index in [-0.39, 0.29) is 98.2 Å². The summed E-state index contributed by atoms with van der Waals surface area (Å²) < 4.78 is 23.5. The number of ether oxygens (including phenoxy) is 4. The van der Waals surface area contributed by atoms with Crippen LogP contribution >= 0.6 is 23.5 Å². The Morgan fingerprint density at radius 2 is 1.16 bits per heavy atom. The molecule has 4 N–H and O–H groups in total. The normalized spacial score (nSPS) is 23.4. The number of rotatable bonds is 26. The monoisotopic (exact) mass is 1250 g/mol. The van der Waals surface area contributed by atoms with Gasteiger partial charge in [-0.2, -0.15) is 0 Å². The minimum Gasteiger partial charge on any atom is -0.481 e. The molecule has 0 radical (unpaired) electrons. The third-order valence-electron chi connectivity index (χ3n) is 19.5. The molecular formula is C70H116N4O11S2. The molecule has 5 unspecified atom stereocenters. The molecule has 5 atom stereocenters. The molecule has 2 heterocycles. The molecule has 1 aliphatic heterocycles. The molecule has 494 valence electrons. The van der Waals surface area contributed by atoms with E-state index in [1.165, 1.54) is 30.6 Å². The fourth-order valence-corrected chi connectivity index (χ4v) is 16.4. The first-order valence-corrected chi connectivity index (χ1v) is 34.7. The van der Waals surface area contributed by atoms with Crippen LogP contribution in [0.5, 0.6) is 0 Å².